The molecule has 7 atom stereocenters. The van der Waals surface area contributed by atoms with Crippen molar-refractivity contribution in [3.63, 3.8) is 0 Å². The number of anilines is 1. The van der Waals surface area contributed by atoms with Crippen molar-refractivity contribution in [3.05, 3.63) is 29.8 Å². The second-order valence-electron chi connectivity index (χ2n) is 14.6. The molecule has 0 saturated heterocycles. The van der Waals surface area contributed by atoms with Gasteiger partial charge in [0.05, 0.1) is 0 Å². The van der Waals surface area contributed by atoms with E-state index in [4.69, 9.17) is 6.42 Å². The molecule has 3 rings (SSSR count). The SMILES string of the molecule is C.C#CC(C)(C)C.CC.CC.CCCCC(C)(C(C)C)C1C(c2ccc(N(C)C)cc2)CC2(C)C(C)CCC2C1CC. The van der Waals surface area contributed by atoms with Gasteiger partial charge in [-0.2, -0.15) is 0 Å². The molecule has 0 amide bonds. The lowest BCUT2D eigenvalue weighted by molar-refractivity contribution is -0.0751. The number of unbranched alkanes of at least 4 members (excludes halogenated alkanes) is 1. The highest BCUT2D eigenvalue weighted by molar-refractivity contribution is 5.47. The van der Waals surface area contributed by atoms with E-state index in [0.717, 1.165) is 29.6 Å². The van der Waals surface area contributed by atoms with E-state index in [9.17, 15) is 0 Å². The fourth-order valence-corrected chi connectivity index (χ4v) is 7.89. The molecular weight excluding hydrogens is 506 g/mol. The first-order valence-corrected chi connectivity index (χ1v) is 17.4. The van der Waals surface area contributed by atoms with Crippen LogP contribution < -0.4 is 4.90 Å². The standard InChI is InChI=1S/C30H51N.C6H10.2C2H6.CH4/c1-10-12-19-29(6,21(3)4)28-25(11-2)27-18-13-22(5)30(27,7)20-26(28)23-14-16-24(17-15-23)31(8)9;1-5-6(2,3)4;2*1-2;/h14-17,21-22,25-28H,10-13,18-20H2,1-9H3;1H,2-4H3;2*1-2H3;1H4. The molecule has 0 aliphatic heterocycles. The zero-order valence-corrected chi connectivity index (χ0v) is 30.7. The summed E-state index contributed by atoms with van der Waals surface area (Å²) in [4.78, 5) is 2.23. The lowest BCUT2D eigenvalue weighted by atomic mass is 9.46. The molecule has 0 heterocycles. The van der Waals surface area contributed by atoms with E-state index in [0.29, 0.717) is 16.7 Å². The van der Waals surface area contributed by atoms with Crippen molar-refractivity contribution in [1.82, 2.24) is 0 Å². The van der Waals surface area contributed by atoms with E-state index >= 15 is 0 Å². The fourth-order valence-electron chi connectivity index (χ4n) is 7.89. The van der Waals surface area contributed by atoms with Crippen LogP contribution in [0.1, 0.15) is 161 Å². The molecular formula is C41H77N. The minimum atomic E-state index is 0. The Morgan fingerprint density at radius 1 is 0.976 bits per heavy atom. The Balaban J connectivity index is 0. The van der Waals surface area contributed by atoms with Gasteiger partial charge in [0, 0.05) is 25.2 Å². The average Bonchev–Trinajstić information content (AvgIpc) is 3.26. The van der Waals surface area contributed by atoms with E-state index < -0.39 is 0 Å². The molecule has 0 radical (unpaired) electrons. The van der Waals surface area contributed by atoms with Crippen LogP contribution in [0.3, 0.4) is 0 Å². The van der Waals surface area contributed by atoms with Crippen LogP contribution in [-0.2, 0) is 0 Å². The van der Waals surface area contributed by atoms with E-state index in [1.165, 1.54) is 50.6 Å². The fraction of sp³-hybridized carbons (Fsp3) is 0.805. The zero-order valence-electron chi connectivity index (χ0n) is 30.7. The number of benzene rings is 1. The maximum Gasteiger partial charge on any atom is 0.0361 e. The normalized spacial score (nSPS) is 27.7. The lowest BCUT2D eigenvalue weighted by Crippen LogP contribution is -2.51. The van der Waals surface area contributed by atoms with Crippen LogP contribution in [0.2, 0.25) is 0 Å². The zero-order chi connectivity index (χ0) is 32.2. The van der Waals surface area contributed by atoms with Gasteiger partial charge in [-0.25, -0.2) is 0 Å². The van der Waals surface area contributed by atoms with Crippen molar-refractivity contribution in [1.29, 1.82) is 0 Å². The lowest BCUT2D eigenvalue weighted by Gasteiger charge is -2.59. The van der Waals surface area contributed by atoms with Crippen LogP contribution in [-0.4, -0.2) is 14.1 Å². The van der Waals surface area contributed by atoms with Crippen LogP contribution >= 0.6 is 0 Å². The van der Waals surface area contributed by atoms with Crippen LogP contribution in [0, 0.1) is 58.2 Å². The molecule has 7 unspecified atom stereocenters. The molecule has 1 aromatic carbocycles. The third kappa shape index (κ3) is 10.3. The van der Waals surface area contributed by atoms with Crippen LogP contribution in [0.25, 0.3) is 0 Å². The van der Waals surface area contributed by atoms with Gasteiger partial charge >= 0.3 is 0 Å². The van der Waals surface area contributed by atoms with E-state index in [2.05, 4.69) is 97.6 Å². The molecule has 2 aliphatic rings. The van der Waals surface area contributed by atoms with Crippen molar-refractivity contribution in [2.24, 2.45) is 45.8 Å². The Morgan fingerprint density at radius 3 is 1.86 bits per heavy atom. The van der Waals surface area contributed by atoms with Gasteiger partial charge in [0.15, 0.2) is 0 Å². The third-order valence-electron chi connectivity index (χ3n) is 10.8. The first-order chi connectivity index (χ1) is 19.2. The van der Waals surface area contributed by atoms with Gasteiger partial charge in [-0.1, -0.05) is 115 Å². The predicted octanol–water partition coefficient (Wildman–Crippen LogP) is 13.1. The molecule has 2 aliphatic carbocycles. The summed E-state index contributed by atoms with van der Waals surface area (Å²) in [5, 5.41) is 0. The smallest absolute Gasteiger partial charge is 0.0361 e. The Morgan fingerprint density at radius 2 is 1.48 bits per heavy atom. The molecule has 246 valence electrons. The summed E-state index contributed by atoms with van der Waals surface area (Å²) >= 11 is 0. The largest absolute Gasteiger partial charge is 0.378 e. The van der Waals surface area contributed by atoms with Crippen LogP contribution in [0.15, 0.2) is 24.3 Å². The summed E-state index contributed by atoms with van der Waals surface area (Å²) in [6.07, 6.45) is 14.7. The first kappa shape index (κ1) is 42.7. The van der Waals surface area contributed by atoms with Crippen LogP contribution in [0.4, 0.5) is 5.69 Å². The number of fused-ring (bicyclic) bond motifs is 1. The number of rotatable bonds is 8. The summed E-state index contributed by atoms with van der Waals surface area (Å²) in [5.74, 6) is 7.43. The third-order valence-corrected chi connectivity index (χ3v) is 10.8. The molecule has 1 heteroatoms. The molecule has 0 aromatic heterocycles. The minimum Gasteiger partial charge on any atom is -0.378 e. The molecule has 1 nitrogen and oxygen atoms in total. The summed E-state index contributed by atoms with van der Waals surface area (Å²) in [6, 6.07) is 9.67. The number of hydrogen-bond donors (Lipinski definition) is 0. The van der Waals surface area contributed by atoms with Crippen molar-refractivity contribution < 1.29 is 0 Å². The second kappa shape index (κ2) is 19.1. The Hall–Kier alpha value is -1.42. The van der Waals surface area contributed by atoms with Crippen molar-refractivity contribution in [2.45, 2.75) is 155 Å². The quantitative estimate of drug-likeness (QED) is 0.275. The summed E-state index contributed by atoms with van der Waals surface area (Å²) in [7, 11) is 4.30. The van der Waals surface area contributed by atoms with Gasteiger partial charge < -0.3 is 4.90 Å². The Kier molecular flexibility index (Phi) is 19.4. The highest BCUT2D eigenvalue weighted by atomic mass is 15.1. The van der Waals surface area contributed by atoms with Gasteiger partial charge in [-0.3, -0.25) is 0 Å². The maximum atomic E-state index is 5.06. The monoisotopic (exact) mass is 584 g/mol. The highest BCUT2D eigenvalue weighted by Crippen LogP contribution is 2.67. The number of hydrogen-bond acceptors (Lipinski definition) is 1. The van der Waals surface area contributed by atoms with Crippen molar-refractivity contribution in [3.8, 4) is 12.3 Å². The summed E-state index contributed by atoms with van der Waals surface area (Å²) in [5.41, 5.74) is 3.91. The van der Waals surface area contributed by atoms with Crippen molar-refractivity contribution in [2.75, 3.05) is 19.0 Å². The Labute approximate surface area is 267 Å². The van der Waals surface area contributed by atoms with Gasteiger partial charge in [0.2, 0.25) is 0 Å². The number of nitrogens with zero attached hydrogens (tertiary/aromatic N) is 1. The van der Waals surface area contributed by atoms with Gasteiger partial charge in [0.1, 0.15) is 0 Å². The molecule has 2 fully saturated rings. The van der Waals surface area contributed by atoms with Crippen LogP contribution in [0.5, 0.6) is 0 Å². The number of terminal acetylenes is 1. The molecule has 0 bridgehead atoms. The summed E-state index contributed by atoms with van der Waals surface area (Å²) in [6.45, 7) is 31.8. The van der Waals surface area contributed by atoms with E-state index in [1.807, 2.05) is 48.5 Å². The Bertz CT molecular complexity index is 866. The van der Waals surface area contributed by atoms with Gasteiger partial charge in [0.25, 0.3) is 0 Å². The maximum absolute atomic E-state index is 5.06. The van der Waals surface area contributed by atoms with Crippen molar-refractivity contribution >= 4 is 5.69 Å². The topological polar surface area (TPSA) is 3.24 Å². The second-order valence-corrected chi connectivity index (χ2v) is 14.6. The summed E-state index contributed by atoms with van der Waals surface area (Å²) < 4.78 is 0. The predicted molar refractivity (Wildman–Crippen MR) is 196 cm³/mol. The molecule has 42 heavy (non-hydrogen) atoms. The van der Waals surface area contributed by atoms with Gasteiger partial charge in [-0.15, -0.1) is 12.3 Å². The molecule has 0 spiro atoms. The minimum absolute atomic E-state index is 0. The molecule has 1 aromatic rings. The van der Waals surface area contributed by atoms with E-state index in [1.54, 1.807) is 5.56 Å². The molecule has 2 saturated carbocycles. The van der Waals surface area contributed by atoms with Gasteiger partial charge in [-0.05, 0) is 110 Å². The molecule has 0 N–H and O–H groups in total. The van der Waals surface area contributed by atoms with E-state index in [-0.39, 0.29) is 12.8 Å². The first-order valence-electron chi connectivity index (χ1n) is 17.4. The average molecular weight is 584 g/mol. The highest BCUT2D eigenvalue weighted by Gasteiger charge is 2.58.